The van der Waals surface area contributed by atoms with Gasteiger partial charge in [-0.2, -0.15) is 0 Å². The zero-order valence-electron chi connectivity index (χ0n) is 15.3. The van der Waals surface area contributed by atoms with Crippen LogP contribution >= 0.6 is 0 Å². The van der Waals surface area contributed by atoms with E-state index < -0.39 is 17.3 Å². The Morgan fingerprint density at radius 3 is 2.43 bits per heavy atom. The van der Waals surface area contributed by atoms with E-state index in [0.29, 0.717) is 12.3 Å². The number of hydrogen-bond donors (Lipinski definition) is 3. The number of aliphatic hydroxyl groups is 3. The Bertz CT molecular complexity index is 472. The second-order valence-corrected chi connectivity index (χ2v) is 8.93. The van der Waals surface area contributed by atoms with Crippen molar-refractivity contribution in [3.63, 3.8) is 0 Å². The fraction of sp³-hybridized carbons (Fsp3) is 0.800. The molecule has 0 aromatic carbocycles. The Kier molecular flexibility index (Phi) is 5.16. The van der Waals surface area contributed by atoms with E-state index in [1.54, 1.807) is 6.92 Å². The molecule has 2 rings (SSSR count). The van der Waals surface area contributed by atoms with Crippen molar-refractivity contribution >= 4 is 0 Å². The summed E-state index contributed by atoms with van der Waals surface area (Å²) in [6, 6.07) is 0. The Balaban J connectivity index is 2.43. The Labute approximate surface area is 141 Å². The fourth-order valence-corrected chi connectivity index (χ4v) is 4.58. The summed E-state index contributed by atoms with van der Waals surface area (Å²) in [5.41, 5.74) is -1.99. The van der Waals surface area contributed by atoms with Crippen molar-refractivity contribution in [1.82, 2.24) is 0 Å². The minimum Gasteiger partial charge on any atom is -0.393 e. The van der Waals surface area contributed by atoms with Gasteiger partial charge in [0.05, 0.1) is 17.3 Å². The monoisotopic (exact) mass is 322 g/mol. The maximum Gasteiger partial charge on any atom is 0.0824 e. The lowest BCUT2D eigenvalue weighted by Gasteiger charge is -2.41. The average molecular weight is 322 g/mol. The molecule has 1 fully saturated rings. The molecule has 0 amide bonds. The third-order valence-electron chi connectivity index (χ3n) is 5.92. The van der Waals surface area contributed by atoms with Crippen LogP contribution in [0.3, 0.4) is 0 Å². The molecule has 2 aliphatic rings. The third-order valence-corrected chi connectivity index (χ3v) is 5.92. The second-order valence-electron chi connectivity index (χ2n) is 8.93. The van der Waals surface area contributed by atoms with Gasteiger partial charge in [0.25, 0.3) is 0 Å². The lowest BCUT2D eigenvalue weighted by atomic mass is 9.68. The van der Waals surface area contributed by atoms with Crippen molar-refractivity contribution in [2.75, 3.05) is 0 Å². The Morgan fingerprint density at radius 1 is 1.17 bits per heavy atom. The topological polar surface area (TPSA) is 60.7 Å². The zero-order valence-corrected chi connectivity index (χ0v) is 15.3. The number of allylic oxidation sites excluding steroid dienone is 3. The molecule has 0 aromatic rings. The first-order chi connectivity index (χ1) is 10.4. The molecule has 0 bridgehead atoms. The Morgan fingerprint density at radius 2 is 1.83 bits per heavy atom. The molecule has 0 aliphatic heterocycles. The number of hydrogen-bond acceptors (Lipinski definition) is 3. The molecule has 3 heteroatoms. The first kappa shape index (κ1) is 18.7. The molecular weight excluding hydrogens is 288 g/mol. The SMILES string of the molecule is CC1C=C[C@@]2(C)CCC(C(C)(C)O)C2C(O)C[C@](C)(O)C=CC1. The summed E-state index contributed by atoms with van der Waals surface area (Å²) in [4.78, 5) is 0. The number of fused-ring (bicyclic) bond motifs is 1. The standard InChI is InChI=1S/C20H34O3/c1-14-7-6-10-20(5,23)13-16(21)17-15(18(2,3)22)9-12-19(17,4)11-8-14/h6,8,10-11,14-17,21-23H,7,9,12-13H2,1-5H3/t14?,15?,16?,17?,19-,20+/m0/s1. The predicted octanol–water partition coefficient (Wildman–Crippen LogP) is 3.44. The fourth-order valence-electron chi connectivity index (χ4n) is 4.58. The first-order valence-electron chi connectivity index (χ1n) is 8.94. The van der Waals surface area contributed by atoms with Gasteiger partial charge in [0, 0.05) is 6.42 Å². The number of rotatable bonds is 1. The molecule has 0 saturated heterocycles. The van der Waals surface area contributed by atoms with Crippen LogP contribution in [0.25, 0.3) is 0 Å². The molecule has 132 valence electrons. The summed E-state index contributed by atoms with van der Waals surface area (Å²) in [5, 5.41) is 32.2. The quantitative estimate of drug-likeness (QED) is 0.648. The molecule has 3 N–H and O–H groups in total. The van der Waals surface area contributed by atoms with E-state index in [4.69, 9.17) is 0 Å². The van der Waals surface area contributed by atoms with Crippen LogP contribution in [0, 0.1) is 23.2 Å². The van der Waals surface area contributed by atoms with Gasteiger partial charge in [-0.05, 0) is 63.2 Å². The average Bonchev–Trinajstić information content (AvgIpc) is 2.73. The Hall–Kier alpha value is -0.640. The van der Waals surface area contributed by atoms with Crippen molar-refractivity contribution in [3.05, 3.63) is 24.3 Å². The molecule has 6 atom stereocenters. The van der Waals surface area contributed by atoms with E-state index in [1.165, 1.54) is 0 Å². The minimum absolute atomic E-state index is 0.0305. The van der Waals surface area contributed by atoms with Crippen molar-refractivity contribution in [1.29, 1.82) is 0 Å². The van der Waals surface area contributed by atoms with Gasteiger partial charge < -0.3 is 15.3 Å². The maximum absolute atomic E-state index is 11.0. The van der Waals surface area contributed by atoms with E-state index in [-0.39, 0.29) is 17.3 Å². The van der Waals surface area contributed by atoms with Crippen LogP contribution in [-0.4, -0.2) is 32.6 Å². The molecule has 1 saturated carbocycles. The van der Waals surface area contributed by atoms with Crippen LogP contribution in [0.2, 0.25) is 0 Å². The summed E-state index contributed by atoms with van der Waals surface area (Å²) in [7, 11) is 0. The van der Waals surface area contributed by atoms with Crippen LogP contribution in [0.15, 0.2) is 24.3 Å². The molecule has 23 heavy (non-hydrogen) atoms. The molecule has 3 nitrogen and oxygen atoms in total. The normalized spacial score (nSPS) is 45.6. The molecule has 0 spiro atoms. The highest BCUT2D eigenvalue weighted by molar-refractivity contribution is 5.14. The van der Waals surface area contributed by atoms with E-state index in [0.717, 1.165) is 19.3 Å². The van der Waals surface area contributed by atoms with Crippen molar-refractivity contribution in [3.8, 4) is 0 Å². The molecule has 0 radical (unpaired) electrons. The lowest BCUT2D eigenvalue weighted by molar-refractivity contribution is -0.0700. The van der Waals surface area contributed by atoms with Crippen molar-refractivity contribution in [2.45, 2.75) is 77.6 Å². The van der Waals surface area contributed by atoms with Gasteiger partial charge in [-0.25, -0.2) is 0 Å². The smallest absolute Gasteiger partial charge is 0.0824 e. The van der Waals surface area contributed by atoms with E-state index in [2.05, 4.69) is 26.0 Å². The van der Waals surface area contributed by atoms with Crippen molar-refractivity contribution in [2.24, 2.45) is 23.2 Å². The number of aliphatic hydroxyl groups excluding tert-OH is 1. The minimum atomic E-state index is -1.02. The molecule has 2 aliphatic carbocycles. The molecule has 0 aromatic heterocycles. The predicted molar refractivity (Wildman–Crippen MR) is 93.9 cm³/mol. The summed E-state index contributed by atoms with van der Waals surface area (Å²) < 4.78 is 0. The zero-order chi connectivity index (χ0) is 17.5. The molecular formula is C20H34O3. The summed E-state index contributed by atoms with van der Waals surface area (Å²) in [6.45, 7) is 9.80. The van der Waals surface area contributed by atoms with Crippen molar-refractivity contribution < 1.29 is 15.3 Å². The summed E-state index contributed by atoms with van der Waals surface area (Å²) in [5.74, 6) is 0.378. The van der Waals surface area contributed by atoms with Gasteiger partial charge in [-0.15, -0.1) is 0 Å². The highest BCUT2D eigenvalue weighted by Crippen LogP contribution is 2.54. The van der Waals surface area contributed by atoms with Gasteiger partial charge >= 0.3 is 0 Å². The summed E-state index contributed by atoms with van der Waals surface area (Å²) in [6.07, 6.45) is 10.7. The first-order valence-corrected chi connectivity index (χ1v) is 8.94. The van der Waals surface area contributed by atoms with Gasteiger partial charge in [-0.1, -0.05) is 38.2 Å². The lowest BCUT2D eigenvalue weighted by Crippen LogP contribution is -2.45. The van der Waals surface area contributed by atoms with Gasteiger partial charge in [-0.3, -0.25) is 0 Å². The second kappa shape index (κ2) is 6.34. The van der Waals surface area contributed by atoms with Crippen LogP contribution in [-0.2, 0) is 0 Å². The van der Waals surface area contributed by atoms with E-state index in [9.17, 15) is 15.3 Å². The van der Waals surface area contributed by atoms with Gasteiger partial charge in [0.2, 0.25) is 0 Å². The van der Waals surface area contributed by atoms with Crippen LogP contribution in [0.1, 0.15) is 60.3 Å². The third kappa shape index (κ3) is 4.26. The molecule has 4 unspecified atom stereocenters. The largest absolute Gasteiger partial charge is 0.393 e. The van der Waals surface area contributed by atoms with E-state index >= 15 is 0 Å². The summed E-state index contributed by atoms with van der Waals surface area (Å²) >= 11 is 0. The van der Waals surface area contributed by atoms with Gasteiger partial charge in [0.15, 0.2) is 0 Å². The van der Waals surface area contributed by atoms with Gasteiger partial charge in [0.1, 0.15) is 0 Å². The van der Waals surface area contributed by atoms with Crippen LogP contribution in [0.5, 0.6) is 0 Å². The van der Waals surface area contributed by atoms with Crippen LogP contribution < -0.4 is 0 Å². The molecule has 0 heterocycles. The van der Waals surface area contributed by atoms with Crippen LogP contribution in [0.4, 0.5) is 0 Å². The highest BCUT2D eigenvalue weighted by atomic mass is 16.3. The maximum atomic E-state index is 11.0. The highest BCUT2D eigenvalue weighted by Gasteiger charge is 2.52. The van der Waals surface area contributed by atoms with E-state index in [1.807, 2.05) is 26.0 Å².